The van der Waals surface area contributed by atoms with Gasteiger partial charge in [0.05, 0.1) is 4.92 Å². The van der Waals surface area contributed by atoms with Gasteiger partial charge in [-0.3, -0.25) is 10.1 Å². The van der Waals surface area contributed by atoms with Gasteiger partial charge in [-0.15, -0.1) is 5.10 Å². The molecule has 0 atom stereocenters. The highest BCUT2D eigenvalue weighted by Gasteiger charge is 2.03. The van der Waals surface area contributed by atoms with E-state index in [1.165, 1.54) is 18.3 Å². The van der Waals surface area contributed by atoms with E-state index < -0.39 is 4.92 Å². The maximum atomic E-state index is 10.5. The number of rotatable bonds is 4. The Kier molecular flexibility index (Phi) is 4.37. The van der Waals surface area contributed by atoms with Crippen molar-refractivity contribution in [2.45, 2.75) is 0 Å². The summed E-state index contributed by atoms with van der Waals surface area (Å²) in [5, 5.41) is 16.5. The van der Waals surface area contributed by atoms with Gasteiger partial charge >= 0.3 is 0 Å². The quantitative estimate of drug-likeness (QED) is 0.266. The minimum absolute atomic E-state index is 0.0457. The van der Waals surface area contributed by atoms with Gasteiger partial charge in [-0.2, -0.15) is 0 Å². The molecule has 0 aliphatic carbocycles. The van der Waals surface area contributed by atoms with Crippen LogP contribution in [0.3, 0.4) is 0 Å². The normalized spacial score (nSPS) is 10.8. The third kappa shape index (κ3) is 4.56. The maximum absolute atomic E-state index is 10.5. The average molecular weight is 234 g/mol. The van der Waals surface area contributed by atoms with E-state index >= 15 is 0 Å². The summed E-state index contributed by atoms with van der Waals surface area (Å²) in [4.78, 5) is 10.1. The molecule has 0 aliphatic rings. The third-order valence-corrected chi connectivity index (χ3v) is 1.73. The Labute approximate surface area is 97.3 Å². The van der Waals surface area contributed by atoms with Crippen LogP contribution in [0.4, 0.5) is 5.69 Å². The van der Waals surface area contributed by atoms with Gasteiger partial charge in [0.25, 0.3) is 11.6 Å². The molecule has 0 saturated heterocycles. The molecule has 0 radical (unpaired) electrons. The van der Waals surface area contributed by atoms with Gasteiger partial charge in [0.1, 0.15) is 0 Å². The molecule has 0 amide bonds. The van der Waals surface area contributed by atoms with E-state index in [-0.39, 0.29) is 11.6 Å². The third-order valence-electron chi connectivity index (χ3n) is 1.73. The zero-order chi connectivity index (χ0) is 12.7. The van der Waals surface area contributed by atoms with Crippen LogP contribution in [0.25, 0.3) is 6.08 Å². The van der Waals surface area contributed by atoms with Crippen molar-refractivity contribution in [2.24, 2.45) is 16.6 Å². The van der Waals surface area contributed by atoms with Crippen LogP contribution in [0.15, 0.2) is 35.4 Å². The second-order valence-electron chi connectivity index (χ2n) is 3.04. The number of nitro groups is 1. The Morgan fingerprint density at radius 3 is 2.88 bits per heavy atom. The standard InChI is InChI=1S/C10H11N5O2/c11-10(12)14-13-6-2-4-8-3-1-5-9(7-8)15(16)17/h1-7H,(H4,11,12,14)/p+1. The van der Waals surface area contributed by atoms with Gasteiger partial charge in [0, 0.05) is 23.3 Å². The lowest BCUT2D eigenvalue weighted by Gasteiger charge is -1.92. The number of guanidine groups is 1. The highest BCUT2D eigenvalue weighted by molar-refractivity contribution is 5.76. The minimum atomic E-state index is -0.446. The Hall–Kier alpha value is -2.70. The Balaban J connectivity index is 2.72. The summed E-state index contributed by atoms with van der Waals surface area (Å²) >= 11 is 0. The molecule has 1 aromatic rings. The fraction of sp³-hybridized carbons (Fsp3) is 0. The molecule has 0 unspecified atom stereocenters. The summed E-state index contributed by atoms with van der Waals surface area (Å²) in [6, 6.07) is 6.25. The van der Waals surface area contributed by atoms with Gasteiger partial charge in [-0.05, 0) is 11.6 Å². The van der Waals surface area contributed by atoms with Gasteiger partial charge in [-0.25, -0.2) is 0 Å². The van der Waals surface area contributed by atoms with E-state index in [0.717, 1.165) is 0 Å². The van der Waals surface area contributed by atoms with Crippen LogP contribution >= 0.6 is 0 Å². The van der Waals surface area contributed by atoms with E-state index in [0.29, 0.717) is 5.56 Å². The molecule has 0 spiro atoms. The molecule has 0 aromatic heterocycles. The van der Waals surface area contributed by atoms with Crippen molar-refractivity contribution in [3.8, 4) is 0 Å². The van der Waals surface area contributed by atoms with E-state index in [9.17, 15) is 10.1 Å². The van der Waals surface area contributed by atoms with E-state index in [1.807, 2.05) is 0 Å². The number of nitro benzene ring substituents is 1. The molecule has 5 N–H and O–H groups in total. The predicted molar refractivity (Wildman–Crippen MR) is 65.0 cm³/mol. The van der Waals surface area contributed by atoms with Gasteiger partial charge < -0.3 is 11.5 Å². The molecule has 1 aromatic carbocycles. The molecule has 0 heterocycles. The first-order valence-electron chi connectivity index (χ1n) is 4.68. The lowest BCUT2D eigenvalue weighted by Crippen LogP contribution is -2.63. The molecular formula is C10H12N5O2+. The Morgan fingerprint density at radius 1 is 1.47 bits per heavy atom. The SMILES string of the molecule is NC(N)=N[NH+]=CC=Cc1cccc([N+](=O)[O-])c1. The summed E-state index contributed by atoms with van der Waals surface area (Å²) in [5.41, 5.74) is 10.9. The number of non-ortho nitro benzene ring substituents is 1. The van der Waals surface area contributed by atoms with Gasteiger partial charge in [0.15, 0.2) is 6.21 Å². The lowest BCUT2D eigenvalue weighted by atomic mass is 10.2. The van der Waals surface area contributed by atoms with E-state index in [4.69, 9.17) is 11.5 Å². The topological polar surface area (TPSA) is 122 Å². The molecule has 7 heteroatoms. The molecule has 0 fully saturated rings. The second kappa shape index (κ2) is 6.01. The van der Waals surface area contributed by atoms with Crippen molar-refractivity contribution in [3.63, 3.8) is 0 Å². The largest absolute Gasteiger partial charge is 0.365 e. The zero-order valence-electron chi connectivity index (χ0n) is 8.91. The molecule has 17 heavy (non-hydrogen) atoms. The van der Waals surface area contributed by atoms with Crippen LogP contribution in [-0.2, 0) is 0 Å². The first kappa shape index (κ1) is 12.4. The summed E-state index contributed by atoms with van der Waals surface area (Å²) in [7, 11) is 0. The smallest absolute Gasteiger partial charge is 0.270 e. The number of hydrazone groups is 1. The fourth-order valence-corrected chi connectivity index (χ4v) is 1.06. The minimum Gasteiger partial charge on any atom is -0.365 e. The molecular weight excluding hydrogens is 222 g/mol. The highest BCUT2D eigenvalue weighted by atomic mass is 16.6. The molecule has 7 nitrogen and oxygen atoms in total. The van der Waals surface area contributed by atoms with E-state index in [1.54, 1.807) is 24.3 Å². The summed E-state index contributed by atoms with van der Waals surface area (Å²) in [6.07, 6.45) is 4.81. The van der Waals surface area contributed by atoms with Crippen molar-refractivity contribution in [2.75, 3.05) is 0 Å². The van der Waals surface area contributed by atoms with Crippen molar-refractivity contribution < 1.29 is 10.0 Å². The molecule has 0 saturated carbocycles. The first-order valence-corrected chi connectivity index (χ1v) is 4.68. The Morgan fingerprint density at radius 2 is 2.24 bits per heavy atom. The summed E-state index contributed by atoms with van der Waals surface area (Å²) in [6.45, 7) is 0. The number of hydrogen-bond acceptors (Lipinski definition) is 3. The van der Waals surface area contributed by atoms with Crippen LogP contribution in [0.1, 0.15) is 5.56 Å². The number of allylic oxidation sites excluding steroid dienone is 1. The van der Waals surface area contributed by atoms with E-state index in [2.05, 4.69) is 10.2 Å². The van der Waals surface area contributed by atoms with Gasteiger partial charge in [-0.1, -0.05) is 12.1 Å². The molecule has 0 aliphatic heterocycles. The highest BCUT2D eigenvalue weighted by Crippen LogP contribution is 2.13. The van der Waals surface area contributed by atoms with Crippen LogP contribution < -0.4 is 16.6 Å². The first-order chi connectivity index (χ1) is 8.09. The number of nitrogens with two attached hydrogens (primary N) is 2. The number of nitrogens with one attached hydrogen (secondary N) is 1. The van der Waals surface area contributed by atoms with Crippen LogP contribution in [-0.4, -0.2) is 17.1 Å². The average Bonchev–Trinajstić information content (AvgIpc) is 2.28. The number of hydrogen-bond donors (Lipinski definition) is 3. The second-order valence-corrected chi connectivity index (χ2v) is 3.04. The predicted octanol–water partition coefficient (Wildman–Crippen LogP) is -1.05. The number of benzene rings is 1. The van der Waals surface area contributed by atoms with Crippen LogP contribution in [0.2, 0.25) is 0 Å². The van der Waals surface area contributed by atoms with Crippen molar-refractivity contribution in [1.29, 1.82) is 0 Å². The van der Waals surface area contributed by atoms with Crippen molar-refractivity contribution >= 4 is 23.9 Å². The van der Waals surface area contributed by atoms with Crippen molar-refractivity contribution in [3.05, 3.63) is 46.0 Å². The molecule has 0 bridgehead atoms. The van der Waals surface area contributed by atoms with Crippen molar-refractivity contribution in [1.82, 2.24) is 0 Å². The molecule has 1 rings (SSSR count). The Bertz CT molecular complexity index is 489. The summed E-state index contributed by atoms with van der Waals surface area (Å²) in [5.74, 6) is -0.0787. The summed E-state index contributed by atoms with van der Waals surface area (Å²) < 4.78 is 0. The lowest BCUT2D eigenvalue weighted by molar-refractivity contribution is -0.456. The molecule has 88 valence electrons. The monoisotopic (exact) mass is 234 g/mol. The fourth-order valence-electron chi connectivity index (χ4n) is 1.06. The van der Waals surface area contributed by atoms with Gasteiger partial charge in [0.2, 0.25) is 0 Å². The number of nitrogens with zero attached hydrogens (tertiary/aromatic N) is 2. The van der Waals surface area contributed by atoms with Crippen LogP contribution in [0.5, 0.6) is 0 Å². The maximum Gasteiger partial charge on any atom is 0.270 e. The van der Waals surface area contributed by atoms with Crippen LogP contribution in [0, 0.1) is 10.1 Å². The zero-order valence-corrected chi connectivity index (χ0v) is 8.91.